The minimum Gasteiger partial charge on any atom is -0.338 e. The molecule has 4 rings (SSSR count). The van der Waals surface area contributed by atoms with E-state index >= 15 is 0 Å². The lowest BCUT2D eigenvalue weighted by atomic mass is 9.99. The van der Waals surface area contributed by atoms with Crippen molar-refractivity contribution < 1.29 is 4.79 Å². The highest BCUT2D eigenvalue weighted by Gasteiger charge is 2.29. The fraction of sp³-hybridized carbons (Fsp3) is 0.353. The molecule has 2 aromatic rings. The fourth-order valence-corrected chi connectivity index (χ4v) is 4.40. The summed E-state index contributed by atoms with van der Waals surface area (Å²) in [5.74, 6) is 0.858. The van der Waals surface area contributed by atoms with Gasteiger partial charge in [-0.25, -0.2) is 4.98 Å². The number of hydrogen-bond donors (Lipinski definition) is 0. The molecule has 1 aromatic heterocycles. The van der Waals surface area contributed by atoms with E-state index in [2.05, 4.69) is 17.1 Å². The van der Waals surface area contributed by atoms with E-state index in [0.29, 0.717) is 13.0 Å². The van der Waals surface area contributed by atoms with E-state index in [4.69, 9.17) is 0 Å². The number of fused-ring (bicyclic) bond motifs is 2. The lowest BCUT2D eigenvalue weighted by molar-refractivity contribution is -0.132. The van der Waals surface area contributed by atoms with Gasteiger partial charge in [-0.2, -0.15) is 0 Å². The molecular weight excluding hydrogens is 310 g/mol. The Morgan fingerprint density at radius 3 is 2.96 bits per heavy atom. The summed E-state index contributed by atoms with van der Waals surface area (Å²) in [6.07, 6.45) is 2.81. The second-order valence-corrected chi connectivity index (χ2v) is 6.93. The van der Waals surface area contributed by atoms with Gasteiger partial charge in [0.05, 0.1) is 6.04 Å². The monoisotopic (exact) mass is 327 g/mol. The lowest BCUT2D eigenvalue weighted by Crippen LogP contribution is -2.37. The average molecular weight is 327 g/mol. The molecule has 1 amide bonds. The first-order valence-corrected chi connectivity index (χ1v) is 8.76. The van der Waals surface area contributed by atoms with E-state index in [0.717, 1.165) is 23.9 Å². The molecule has 0 saturated heterocycles. The van der Waals surface area contributed by atoms with Crippen LogP contribution in [0.2, 0.25) is 0 Å². The van der Waals surface area contributed by atoms with Gasteiger partial charge in [0.25, 0.3) is 5.56 Å². The SMILES string of the molecule is O=C(C[C@@H]1CSc2nccc(=O)n21)N1CCc2ccccc2C1. The molecule has 2 aliphatic rings. The Morgan fingerprint density at radius 2 is 2.09 bits per heavy atom. The molecule has 3 heterocycles. The van der Waals surface area contributed by atoms with Crippen molar-refractivity contribution in [1.29, 1.82) is 0 Å². The van der Waals surface area contributed by atoms with Crippen molar-refractivity contribution in [2.75, 3.05) is 12.3 Å². The van der Waals surface area contributed by atoms with Crippen molar-refractivity contribution in [3.05, 3.63) is 58.0 Å². The fourth-order valence-electron chi connectivity index (χ4n) is 3.28. The molecule has 0 N–H and O–H groups in total. The summed E-state index contributed by atoms with van der Waals surface area (Å²) >= 11 is 1.55. The van der Waals surface area contributed by atoms with Gasteiger partial charge in [-0.05, 0) is 17.5 Å². The van der Waals surface area contributed by atoms with Crippen LogP contribution < -0.4 is 5.56 Å². The van der Waals surface area contributed by atoms with Crippen LogP contribution in [0, 0.1) is 0 Å². The smallest absolute Gasteiger partial charge is 0.254 e. The summed E-state index contributed by atoms with van der Waals surface area (Å²) in [6.45, 7) is 1.42. The zero-order chi connectivity index (χ0) is 15.8. The van der Waals surface area contributed by atoms with Crippen molar-refractivity contribution in [2.45, 2.75) is 30.6 Å². The molecule has 0 aliphatic carbocycles. The van der Waals surface area contributed by atoms with Crippen LogP contribution in [0.3, 0.4) is 0 Å². The number of rotatable bonds is 2. The van der Waals surface area contributed by atoms with Crippen LogP contribution in [0.4, 0.5) is 0 Å². The number of benzene rings is 1. The van der Waals surface area contributed by atoms with Gasteiger partial charge < -0.3 is 4.90 Å². The maximum Gasteiger partial charge on any atom is 0.254 e. The van der Waals surface area contributed by atoms with Gasteiger partial charge in [0, 0.05) is 37.5 Å². The molecule has 6 heteroatoms. The maximum absolute atomic E-state index is 12.7. The lowest BCUT2D eigenvalue weighted by Gasteiger charge is -2.29. The molecule has 0 bridgehead atoms. The number of aromatic nitrogens is 2. The quantitative estimate of drug-likeness (QED) is 0.790. The van der Waals surface area contributed by atoms with Crippen LogP contribution in [0.1, 0.15) is 23.6 Å². The number of carbonyl (C=O) groups excluding carboxylic acids is 1. The van der Waals surface area contributed by atoms with Crippen LogP contribution in [-0.4, -0.2) is 32.7 Å². The van der Waals surface area contributed by atoms with Crippen molar-refractivity contribution in [3.63, 3.8) is 0 Å². The second-order valence-electron chi connectivity index (χ2n) is 5.94. The van der Waals surface area contributed by atoms with Crippen molar-refractivity contribution in [2.24, 2.45) is 0 Å². The Bertz CT molecular complexity index is 817. The molecule has 2 aliphatic heterocycles. The molecule has 23 heavy (non-hydrogen) atoms. The van der Waals surface area contributed by atoms with Crippen LogP contribution in [0.5, 0.6) is 0 Å². The average Bonchev–Trinajstić information content (AvgIpc) is 2.98. The zero-order valence-electron chi connectivity index (χ0n) is 12.6. The molecule has 0 unspecified atom stereocenters. The number of nitrogens with zero attached hydrogens (tertiary/aromatic N) is 3. The largest absolute Gasteiger partial charge is 0.338 e. The van der Waals surface area contributed by atoms with E-state index in [9.17, 15) is 9.59 Å². The summed E-state index contributed by atoms with van der Waals surface area (Å²) in [4.78, 5) is 30.8. The molecule has 0 saturated carbocycles. The summed E-state index contributed by atoms with van der Waals surface area (Å²) in [5.41, 5.74) is 2.49. The van der Waals surface area contributed by atoms with Crippen molar-refractivity contribution in [1.82, 2.24) is 14.5 Å². The Hall–Kier alpha value is -2.08. The van der Waals surface area contributed by atoms with E-state index < -0.39 is 0 Å². The van der Waals surface area contributed by atoms with Crippen molar-refractivity contribution >= 4 is 17.7 Å². The van der Waals surface area contributed by atoms with E-state index in [1.807, 2.05) is 17.0 Å². The molecule has 118 valence electrons. The first kappa shape index (κ1) is 14.5. The normalized spacial score (nSPS) is 19.3. The summed E-state index contributed by atoms with van der Waals surface area (Å²) in [7, 11) is 0. The van der Waals surface area contributed by atoms with Gasteiger partial charge in [0.2, 0.25) is 5.91 Å². The number of carbonyl (C=O) groups is 1. The third-order valence-corrected chi connectivity index (χ3v) is 5.62. The predicted molar refractivity (Wildman–Crippen MR) is 88.4 cm³/mol. The zero-order valence-corrected chi connectivity index (χ0v) is 13.5. The molecule has 5 nitrogen and oxygen atoms in total. The van der Waals surface area contributed by atoms with E-state index in [-0.39, 0.29) is 17.5 Å². The van der Waals surface area contributed by atoms with Crippen LogP contribution in [0.25, 0.3) is 0 Å². The Labute approximate surface area is 138 Å². The molecule has 1 aromatic carbocycles. The topological polar surface area (TPSA) is 55.2 Å². The highest BCUT2D eigenvalue weighted by Crippen LogP contribution is 2.32. The standard InChI is InChI=1S/C17H17N3O2S/c21-15-5-7-18-17-20(15)14(11-23-17)9-16(22)19-8-6-12-3-1-2-4-13(12)10-19/h1-5,7,14H,6,8-11H2/t14-/m1/s1. The Morgan fingerprint density at radius 1 is 1.26 bits per heavy atom. The predicted octanol–water partition coefficient (Wildman–Crippen LogP) is 1.87. The van der Waals surface area contributed by atoms with Gasteiger partial charge >= 0.3 is 0 Å². The van der Waals surface area contributed by atoms with Gasteiger partial charge in [-0.15, -0.1) is 0 Å². The number of hydrogen-bond acceptors (Lipinski definition) is 4. The minimum atomic E-state index is -0.0825. The van der Waals surface area contributed by atoms with Gasteiger partial charge in [0.1, 0.15) is 0 Å². The van der Waals surface area contributed by atoms with Gasteiger partial charge in [-0.1, -0.05) is 36.0 Å². The highest BCUT2D eigenvalue weighted by atomic mass is 32.2. The summed E-state index contributed by atoms with van der Waals surface area (Å²) in [5, 5.41) is 0.722. The number of amides is 1. The minimum absolute atomic E-state index is 0.0678. The van der Waals surface area contributed by atoms with E-state index in [1.54, 1.807) is 16.3 Å². The maximum atomic E-state index is 12.7. The first-order chi connectivity index (χ1) is 11.2. The molecular formula is C17H17N3O2S. The first-order valence-electron chi connectivity index (χ1n) is 7.77. The highest BCUT2D eigenvalue weighted by molar-refractivity contribution is 7.99. The van der Waals surface area contributed by atoms with E-state index in [1.165, 1.54) is 23.4 Å². The molecule has 1 atom stereocenters. The van der Waals surface area contributed by atoms with Crippen LogP contribution in [-0.2, 0) is 17.8 Å². The number of thioether (sulfide) groups is 1. The third kappa shape index (κ3) is 2.67. The third-order valence-electron chi connectivity index (χ3n) is 4.51. The van der Waals surface area contributed by atoms with Gasteiger partial charge in [-0.3, -0.25) is 14.2 Å². The van der Waals surface area contributed by atoms with Gasteiger partial charge in [0.15, 0.2) is 5.16 Å². The Kier molecular flexibility index (Phi) is 3.69. The Balaban J connectivity index is 1.50. The van der Waals surface area contributed by atoms with Crippen LogP contribution in [0.15, 0.2) is 46.5 Å². The van der Waals surface area contributed by atoms with Crippen molar-refractivity contribution in [3.8, 4) is 0 Å². The summed E-state index contributed by atoms with van der Waals surface area (Å²) < 4.78 is 1.67. The van der Waals surface area contributed by atoms with Crippen LogP contribution >= 0.6 is 11.8 Å². The summed E-state index contributed by atoms with van der Waals surface area (Å²) in [6, 6.07) is 9.66. The second kappa shape index (κ2) is 5.85. The molecule has 0 fully saturated rings. The molecule has 0 radical (unpaired) electrons. The molecule has 0 spiro atoms.